The zero-order chi connectivity index (χ0) is 31.5. The third-order valence-electron chi connectivity index (χ3n) is 10.4. The molecule has 222 valence electrons. The van der Waals surface area contributed by atoms with E-state index in [1.165, 1.54) is 98.0 Å². The highest BCUT2D eigenvalue weighted by molar-refractivity contribution is 6.27. The minimum atomic E-state index is 0.113. The standard InChI is InChI=1S/C46H38/c1-45(2,3)35-23-31-13-11-29-15-19-37(39-21-17-33(25-35)41(31)43(29)39)27-7-9-28(10-8-27)38-20-16-30-12-14-32-24-36(46(4,5)6)26-34-18-22-40(38)44(30)42(32)34/h7-26H,1-6H3. The van der Waals surface area contributed by atoms with Gasteiger partial charge in [-0.3, -0.25) is 0 Å². The van der Waals surface area contributed by atoms with Gasteiger partial charge in [0, 0.05) is 0 Å². The molecule has 0 aliphatic carbocycles. The van der Waals surface area contributed by atoms with Crippen molar-refractivity contribution in [2.24, 2.45) is 0 Å². The second kappa shape index (κ2) is 9.30. The molecule has 0 bridgehead atoms. The van der Waals surface area contributed by atoms with Gasteiger partial charge in [0.05, 0.1) is 0 Å². The Balaban J connectivity index is 1.18. The second-order valence-electron chi connectivity index (χ2n) is 15.5. The van der Waals surface area contributed by atoms with Crippen molar-refractivity contribution >= 4 is 64.6 Å². The first kappa shape index (κ1) is 27.4. The topological polar surface area (TPSA) is 0 Å². The Kier molecular flexibility index (Phi) is 5.54. The first-order chi connectivity index (χ1) is 22.0. The van der Waals surface area contributed by atoms with Gasteiger partial charge in [-0.1, -0.05) is 163 Å². The summed E-state index contributed by atoms with van der Waals surface area (Å²) in [5, 5.41) is 16.1. The van der Waals surface area contributed by atoms with Crippen LogP contribution in [0, 0.1) is 0 Å². The van der Waals surface area contributed by atoms with Crippen molar-refractivity contribution < 1.29 is 0 Å². The monoisotopic (exact) mass is 590 g/mol. The van der Waals surface area contributed by atoms with E-state index in [-0.39, 0.29) is 10.8 Å². The summed E-state index contributed by atoms with van der Waals surface area (Å²) >= 11 is 0. The van der Waals surface area contributed by atoms with Gasteiger partial charge in [-0.25, -0.2) is 0 Å². The van der Waals surface area contributed by atoms with Crippen molar-refractivity contribution in [3.05, 3.63) is 132 Å². The van der Waals surface area contributed by atoms with Crippen LogP contribution in [0.5, 0.6) is 0 Å². The molecule has 46 heavy (non-hydrogen) atoms. The summed E-state index contributed by atoms with van der Waals surface area (Å²) < 4.78 is 0. The van der Waals surface area contributed by atoms with Crippen LogP contribution in [0.1, 0.15) is 52.7 Å². The molecular weight excluding hydrogens is 553 g/mol. The summed E-state index contributed by atoms with van der Waals surface area (Å²) in [6, 6.07) is 46.5. The van der Waals surface area contributed by atoms with Crippen molar-refractivity contribution in [3.63, 3.8) is 0 Å². The highest BCUT2D eigenvalue weighted by Crippen LogP contribution is 2.43. The predicted molar refractivity (Wildman–Crippen MR) is 202 cm³/mol. The van der Waals surface area contributed by atoms with Crippen LogP contribution in [0.25, 0.3) is 86.9 Å². The van der Waals surface area contributed by atoms with Crippen molar-refractivity contribution in [1.82, 2.24) is 0 Å². The maximum absolute atomic E-state index is 2.39. The molecule has 9 aromatic carbocycles. The highest BCUT2D eigenvalue weighted by atomic mass is 14.2. The molecule has 0 N–H and O–H groups in total. The Morgan fingerprint density at radius 2 is 0.609 bits per heavy atom. The molecule has 0 heterocycles. The molecule has 0 spiro atoms. The molecule has 0 aromatic heterocycles. The summed E-state index contributed by atoms with van der Waals surface area (Å²) in [5.74, 6) is 0. The summed E-state index contributed by atoms with van der Waals surface area (Å²) in [6.07, 6.45) is 0. The Bertz CT molecular complexity index is 2400. The lowest BCUT2D eigenvalue weighted by Crippen LogP contribution is -2.10. The number of hydrogen-bond acceptors (Lipinski definition) is 0. The van der Waals surface area contributed by atoms with E-state index in [0.717, 1.165) is 0 Å². The van der Waals surface area contributed by atoms with E-state index < -0.39 is 0 Å². The fraction of sp³-hybridized carbons (Fsp3) is 0.174. The molecule has 0 saturated heterocycles. The minimum Gasteiger partial charge on any atom is -0.0561 e. The van der Waals surface area contributed by atoms with Crippen molar-refractivity contribution in [3.8, 4) is 22.3 Å². The van der Waals surface area contributed by atoms with Crippen LogP contribution in [-0.2, 0) is 10.8 Å². The molecule has 0 atom stereocenters. The maximum atomic E-state index is 2.39. The van der Waals surface area contributed by atoms with Gasteiger partial charge in [0.2, 0.25) is 0 Å². The molecule has 9 rings (SSSR count). The highest BCUT2D eigenvalue weighted by Gasteiger charge is 2.20. The average Bonchev–Trinajstić information content (AvgIpc) is 3.05. The van der Waals surface area contributed by atoms with Crippen LogP contribution in [0.2, 0.25) is 0 Å². The fourth-order valence-electron chi connectivity index (χ4n) is 7.84. The van der Waals surface area contributed by atoms with Gasteiger partial charge in [0.15, 0.2) is 0 Å². The van der Waals surface area contributed by atoms with Gasteiger partial charge < -0.3 is 0 Å². The Morgan fingerprint density at radius 1 is 0.304 bits per heavy atom. The van der Waals surface area contributed by atoms with Gasteiger partial charge in [0.1, 0.15) is 0 Å². The third-order valence-corrected chi connectivity index (χ3v) is 10.4. The van der Waals surface area contributed by atoms with Gasteiger partial charge in [-0.05, 0) is 109 Å². The van der Waals surface area contributed by atoms with E-state index in [9.17, 15) is 0 Å². The smallest absolute Gasteiger partial charge is 0.00206 e. The molecular formula is C46H38. The Hall–Kier alpha value is -4.94. The lowest BCUT2D eigenvalue weighted by molar-refractivity contribution is 0.591. The SMILES string of the molecule is CC(C)(C)c1cc2ccc3ccc(-c4ccc(-c5ccc6ccc7cc(C(C)(C)C)cc8ccc5c6c78)cc4)c4ccc(c1)c2c34. The summed E-state index contributed by atoms with van der Waals surface area (Å²) in [5.41, 5.74) is 8.08. The summed E-state index contributed by atoms with van der Waals surface area (Å²) in [6.45, 7) is 13.8. The van der Waals surface area contributed by atoms with Crippen LogP contribution in [0.3, 0.4) is 0 Å². The second-order valence-corrected chi connectivity index (χ2v) is 15.5. The molecule has 0 aliphatic rings. The largest absolute Gasteiger partial charge is 0.0561 e. The van der Waals surface area contributed by atoms with Crippen molar-refractivity contribution in [2.75, 3.05) is 0 Å². The molecule has 0 nitrogen and oxygen atoms in total. The van der Waals surface area contributed by atoms with Crippen LogP contribution in [-0.4, -0.2) is 0 Å². The van der Waals surface area contributed by atoms with Gasteiger partial charge in [-0.15, -0.1) is 0 Å². The minimum absolute atomic E-state index is 0.113. The molecule has 0 aliphatic heterocycles. The van der Waals surface area contributed by atoms with E-state index in [4.69, 9.17) is 0 Å². The third kappa shape index (κ3) is 3.99. The lowest BCUT2D eigenvalue weighted by atomic mass is 9.82. The van der Waals surface area contributed by atoms with Gasteiger partial charge in [-0.2, -0.15) is 0 Å². The predicted octanol–water partition coefficient (Wildman–Crippen LogP) is 13.4. The number of benzene rings is 9. The van der Waals surface area contributed by atoms with E-state index in [1.807, 2.05) is 0 Å². The number of rotatable bonds is 2. The van der Waals surface area contributed by atoms with Gasteiger partial charge in [0.25, 0.3) is 0 Å². The molecule has 0 saturated carbocycles. The Labute approximate surface area is 271 Å². The average molecular weight is 591 g/mol. The first-order valence-electron chi connectivity index (χ1n) is 16.6. The van der Waals surface area contributed by atoms with Crippen molar-refractivity contribution in [1.29, 1.82) is 0 Å². The molecule has 0 unspecified atom stereocenters. The molecule has 0 fully saturated rings. The van der Waals surface area contributed by atoms with Crippen molar-refractivity contribution in [2.45, 2.75) is 52.4 Å². The van der Waals surface area contributed by atoms with E-state index in [0.29, 0.717) is 0 Å². The normalized spacial score (nSPS) is 13.0. The molecule has 0 radical (unpaired) electrons. The zero-order valence-corrected chi connectivity index (χ0v) is 27.5. The summed E-state index contributed by atoms with van der Waals surface area (Å²) in [7, 11) is 0. The quantitative estimate of drug-likeness (QED) is 0.176. The first-order valence-corrected chi connectivity index (χ1v) is 16.6. The van der Waals surface area contributed by atoms with Crippen LogP contribution >= 0.6 is 0 Å². The van der Waals surface area contributed by atoms with Crippen LogP contribution in [0.15, 0.2) is 121 Å². The maximum Gasteiger partial charge on any atom is -0.00206 e. The van der Waals surface area contributed by atoms with Crippen LogP contribution in [0.4, 0.5) is 0 Å². The van der Waals surface area contributed by atoms with E-state index in [2.05, 4.69) is 163 Å². The Morgan fingerprint density at radius 3 is 0.957 bits per heavy atom. The lowest BCUT2D eigenvalue weighted by Gasteiger charge is -2.22. The fourth-order valence-corrected chi connectivity index (χ4v) is 7.84. The molecule has 0 heteroatoms. The zero-order valence-electron chi connectivity index (χ0n) is 27.5. The molecule has 0 amide bonds. The molecule has 9 aromatic rings. The van der Waals surface area contributed by atoms with E-state index >= 15 is 0 Å². The summed E-state index contributed by atoms with van der Waals surface area (Å²) in [4.78, 5) is 0. The number of hydrogen-bond donors (Lipinski definition) is 0. The van der Waals surface area contributed by atoms with Crippen LogP contribution < -0.4 is 0 Å². The van der Waals surface area contributed by atoms with Gasteiger partial charge >= 0.3 is 0 Å². The van der Waals surface area contributed by atoms with E-state index in [1.54, 1.807) is 0 Å².